The van der Waals surface area contributed by atoms with E-state index < -0.39 is 0 Å². The van der Waals surface area contributed by atoms with Crippen LogP contribution < -0.4 is 0 Å². The fraction of sp³-hybridized carbons (Fsp3) is 0.429. The van der Waals surface area contributed by atoms with E-state index in [9.17, 15) is 9.59 Å². The number of carbonyl (C=O) groups excluding carboxylic acids is 2. The largest absolute Gasteiger partial charge is 0.338 e. The van der Waals surface area contributed by atoms with Crippen LogP contribution in [0.15, 0.2) is 36.4 Å². The van der Waals surface area contributed by atoms with E-state index in [2.05, 4.69) is 4.90 Å². The van der Waals surface area contributed by atoms with Gasteiger partial charge in [0.15, 0.2) is 5.78 Å². The monoisotopic (exact) mass is 353 g/mol. The molecule has 2 atom stereocenters. The van der Waals surface area contributed by atoms with Gasteiger partial charge in [-0.05, 0) is 67.9 Å². The van der Waals surface area contributed by atoms with E-state index in [4.69, 9.17) is 0 Å². The van der Waals surface area contributed by atoms with Crippen LogP contribution >= 0.6 is 11.3 Å². The number of ketones is 1. The molecule has 2 aromatic rings. The van der Waals surface area contributed by atoms with Crippen LogP contribution in [0.2, 0.25) is 0 Å². The summed E-state index contributed by atoms with van der Waals surface area (Å²) >= 11 is 1.50. The average Bonchev–Trinajstić information content (AvgIpc) is 3.11. The number of benzene rings is 1. The number of likely N-dealkylation sites (tertiary alicyclic amines) is 1. The molecule has 2 fully saturated rings. The van der Waals surface area contributed by atoms with E-state index >= 15 is 0 Å². The first kappa shape index (κ1) is 16.5. The molecule has 1 saturated carbocycles. The van der Waals surface area contributed by atoms with E-state index in [1.165, 1.54) is 37.0 Å². The second kappa shape index (κ2) is 6.75. The van der Waals surface area contributed by atoms with Crippen LogP contribution in [0.1, 0.15) is 52.6 Å². The Morgan fingerprint density at radius 2 is 1.68 bits per heavy atom. The maximum absolute atomic E-state index is 12.9. The number of rotatable bonds is 3. The van der Waals surface area contributed by atoms with Gasteiger partial charge in [0, 0.05) is 23.5 Å². The molecule has 25 heavy (non-hydrogen) atoms. The number of hydrogen-bond acceptors (Lipinski definition) is 3. The molecule has 4 rings (SSSR count). The van der Waals surface area contributed by atoms with E-state index in [0.717, 1.165) is 34.0 Å². The molecule has 1 aromatic heterocycles. The van der Waals surface area contributed by atoms with Gasteiger partial charge in [0.2, 0.25) is 0 Å². The summed E-state index contributed by atoms with van der Waals surface area (Å²) in [6.45, 7) is 3.43. The zero-order valence-corrected chi connectivity index (χ0v) is 15.3. The minimum absolute atomic E-state index is 0.0960. The van der Waals surface area contributed by atoms with Crippen molar-refractivity contribution in [2.45, 2.75) is 32.6 Å². The zero-order chi connectivity index (χ0) is 17.4. The molecule has 0 radical (unpaired) electrons. The van der Waals surface area contributed by atoms with Gasteiger partial charge in [-0.25, -0.2) is 0 Å². The van der Waals surface area contributed by atoms with Crippen molar-refractivity contribution in [1.82, 2.24) is 4.90 Å². The Labute approximate surface area is 152 Å². The summed E-state index contributed by atoms with van der Waals surface area (Å²) in [6, 6.07) is 11.7. The fourth-order valence-corrected chi connectivity index (χ4v) is 5.15. The molecule has 1 aliphatic heterocycles. The molecule has 2 heterocycles. The van der Waals surface area contributed by atoms with Crippen LogP contribution in [0, 0.1) is 11.8 Å². The molecule has 0 spiro atoms. The van der Waals surface area contributed by atoms with Gasteiger partial charge in [0.25, 0.3) is 5.91 Å². The van der Waals surface area contributed by atoms with Crippen molar-refractivity contribution < 1.29 is 9.59 Å². The van der Waals surface area contributed by atoms with Crippen LogP contribution in [-0.2, 0) is 0 Å². The molecule has 1 aromatic carbocycles. The number of piperidine rings is 1. The lowest BCUT2D eigenvalue weighted by molar-refractivity contribution is 0.0504. The van der Waals surface area contributed by atoms with Crippen LogP contribution in [0.3, 0.4) is 0 Å². The van der Waals surface area contributed by atoms with Gasteiger partial charge in [0.1, 0.15) is 0 Å². The molecule has 1 amide bonds. The number of Topliss-reactive ketones (excluding diaryl/α,β-unsaturated/α-hetero) is 1. The van der Waals surface area contributed by atoms with Crippen LogP contribution in [-0.4, -0.2) is 29.7 Å². The summed E-state index contributed by atoms with van der Waals surface area (Å²) in [4.78, 5) is 28.2. The third-order valence-electron chi connectivity index (χ3n) is 5.51. The second-order valence-electron chi connectivity index (χ2n) is 7.41. The van der Waals surface area contributed by atoms with Crippen molar-refractivity contribution in [2.75, 3.05) is 13.1 Å². The third-order valence-corrected chi connectivity index (χ3v) is 6.74. The Morgan fingerprint density at radius 1 is 1.00 bits per heavy atom. The Morgan fingerprint density at radius 3 is 2.28 bits per heavy atom. The Hall–Kier alpha value is -1.94. The van der Waals surface area contributed by atoms with Crippen molar-refractivity contribution in [3.05, 3.63) is 46.8 Å². The van der Waals surface area contributed by atoms with Gasteiger partial charge in [-0.1, -0.05) is 18.6 Å². The Bertz CT molecular complexity index is 780. The summed E-state index contributed by atoms with van der Waals surface area (Å²) in [5, 5.41) is 0. The molecule has 0 N–H and O–H groups in total. The van der Waals surface area contributed by atoms with Crippen LogP contribution in [0.4, 0.5) is 0 Å². The number of hydrogen-bond donors (Lipinski definition) is 0. The summed E-state index contributed by atoms with van der Waals surface area (Å²) in [7, 11) is 0. The number of amides is 1. The van der Waals surface area contributed by atoms with E-state index in [0.29, 0.717) is 11.8 Å². The molecule has 4 heteroatoms. The quantitative estimate of drug-likeness (QED) is 0.738. The number of nitrogens with zero attached hydrogens (tertiary/aromatic N) is 1. The number of fused-ring (bicyclic) bond motifs is 2. The highest BCUT2D eigenvalue weighted by Crippen LogP contribution is 2.35. The smallest absolute Gasteiger partial charge is 0.253 e. The number of thiophene rings is 1. The maximum Gasteiger partial charge on any atom is 0.253 e. The van der Waals surface area contributed by atoms with Gasteiger partial charge in [-0.3, -0.25) is 9.59 Å². The SMILES string of the molecule is CC(=O)c1ccc(-c2ccc(C(=O)N3C[C@@H]4CCC[C@@H](C4)C3)cc2)s1. The van der Waals surface area contributed by atoms with Crippen molar-refractivity contribution in [1.29, 1.82) is 0 Å². The van der Waals surface area contributed by atoms with Crippen LogP contribution in [0.5, 0.6) is 0 Å². The zero-order valence-electron chi connectivity index (χ0n) is 14.5. The summed E-state index contributed by atoms with van der Waals surface area (Å²) in [5.74, 6) is 1.66. The highest BCUT2D eigenvalue weighted by molar-refractivity contribution is 7.17. The van der Waals surface area contributed by atoms with Gasteiger partial charge in [0.05, 0.1) is 4.88 Å². The Balaban J connectivity index is 1.49. The standard InChI is InChI=1S/C21H23NO2S/c1-14(23)19-9-10-20(25-19)17-5-7-18(8-6-17)21(24)22-12-15-3-2-4-16(11-15)13-22/h5-10,15-16H,2-4,11-13H2,1H3/t15-,16+. The molecule has 0 unspecified atom stereocenters. The third kappa shape index (κ3) is 3.40. The van der Waals surface area contributed by atoms with Crippen molar-refractivity contribution in [3.63, 3.8) is 0 Å². The first-order valence-corrected chi connectivity index (χ1v) is 9.92. The minimum Gasteiger partial charge on any atom is -0.338 e. The molecule has 1 saturated heterocycles. The molecule has 3 nitrogen and oxygen atoms in total. The molecule has 2 bridgehead atoms. The molecule has 130 valence electrons. The molecular weight excluding hydrogens is 330 g/mol. The molecular formula is C21H23NO2S. The van der Waals surface area contributed by atoms with E-state index in [-0.39, 0.29) is 11.7 Å². The lowest BCUT2D eigenvalue weighted by Gasteiger charge is -2.41. The maximum atomic E-state index is 12.9. The predicted molar refractivity (Wildman–Crippen MR) is 101 cm³/mol. The van der Waals surface area contributed by atoms with Crippen molar-refractivity contribution >= 4 is 23.0 Å². The van der Waals surface area contributed by atoms with Crippen LogP contribution in [0.25, 0.3) is 10.4 Å². The lowest BCUT2D eigenvalue weighted by atomic mass is 9.78. The topological polar surface area (TPSA) is 37.4 Å². The highest BCUT2D eigenvalue weighted by atomic mass is 32.1. The Kier molecular flexibility index (Phi) is 4.46. The summed E-state index contributed by atoms with van der Waals surface area (Å²) < 4.78 is 0. The first-order valence-electron chi connectivity index (χ1n) is 9.10. The fourth-order valence-electron chi connectivity index (χ4n) is 4.24. The van der Waals surface area contributed by atoms with Gasteiger partial charge < -0.3 is 4.90 Å². The van der Waals surface area contributed by atoms with E-state index in [1.807, 2.05) is 36.4 Å². The second-order valence-corrected chi connectivity index (χ2v) is 8.49. The number of carbonyl (C=O) groups is 2. The van der Waals surface area contributed by atoms with Gasteiger partial charge >= 0.3 is 0 Å². The lowest BCUT2D eigenvalue weighted by Crippen LogP contribution is -2.45. The molecule has 1 aliphatic carbocycles. The summed E-state index contributed by atoms with van der Waals surface area (Å²) in [6.07, 6.45) is 5.18. The average molecular weight is 353 g/mol. The first-order chi connectivity index (χ1) is 12.1. The minimum atomic E-state index is 0.0960. The van der Waals surface area contributed by atoms with Gasteiger partial charge in [-0.2, -0.15) is 0 Å². The van der Waals surface area contributed by atoms with Crippen molar-refractivity contribution in [2.24, 2.45) is 11.8 Å². The molecule has 2 aliphatic rings. The normalized spacial score (nSPS) is 22.7. The van der Waals surface area contributed by atoms with Crippen molar-refractivity contribution in [3.8, 4) is 10.4 Å². The summed E-state index contributed by atoms with van der Waals surface area (Å²) in [5.41, 5.74) is 1.83. The van der Waals surface area contributed by atoms with E-state index in [1.54, 1.807) is 6.92 Å². The highest BCUT2D eigenvalue weighted by Gasteiger charge is 2.32. The predicted octanol–water partition coefficient (Wildman–Crippen LogP) is 4.88. The van der Waals surface area contributed by atoms with Gasteiger partial charge in [-0.15, -0.1) is 11.3 Å².